The molecule has 1 nitrogen and oxygen atoms in total. The van der Waals surface area contributed by atoms with Crippen LogP contribution in [0.4, 0.5) is 5.69 Å². The Morgan fingerprint density at radius 3 is 1.31 bits per heavy atom. The Balaban J connectivity index is -0.000000144. The van der Waals surface area contributed by atoms with Crippen LogP contribution >= 0.6 is 37.2 Å². The van der Waals surface area contributed by atoms with E-state index in [1.54, 1.807) is 0 Å². The van der Waals surface area contributed by atoms with Crippen molar-refractivity contribution in [2.24, 2.45) is 0 Å². The van der Waals surface area contributed by atoms with Crippen LogP contribution in [0.25, 0.3) is 0 Å². The smallest absolute Gasteiger partial charge is 0.0313 e. The largest absolute Gasteiger partial charge is 0.399 e. The summed E-state index contributed by atoms with van der Waals surface area (Å²) >= 11 is 4.24. The topological polar surface area (TPSA) is 26.0 Å². The number of hydrogen-bond acceptors (Lipinski definition) is 1. The van der Waals surface area contributed by atoms with Crippen LogP contribution in [0.5, 0.6) is 0 Å². The van der Waals surface area contributed by atoms with Crippen LogP contribution in [-0.2, 0) is 0 Å². The molecule has 0 heterocycles. The lowest BCUT2D eigenvalue weighted by Gasteiger charge is -1.83. The molecule has 0 aromatic heterocycles. The quantitative estimate of drug-likeness (QED) is 0.471. The number of benzene rings is 1. The molecule has 1 rings (SSSR count). The van der Waals surface area contributed by atoms with Gasteiger partial charge in [-0.2, -0.15) is 0 Å². The Kier molecular flexibility index (Phi) is 33.6. The van der Waals surface area contributed by atoms with E-state index in [2.05, 4.69) is 37.2 Å². The lowest BCUT2D eigenvalue weighted by Crippen LogP contribution is -1.79. The first-order chi connectivity index (χ1) is 6.39. The number of anilines is 1. The van der Waals surface area contributed by atoms with Crippen molar-refractivity contribution in [3.05, 3.63) is 30.3 Å². The average Bonchev–Trinajstić information content (AvgIpc) is 2.28. The van der Waals surface area contributed by atoms with Crippen LogP contribution in [0, 0.1) is 0 Å². The zero-order valence-corrected chi connectivity index (χ0v) is 13.0. The van der Waals surface area contributed by atoms with Crippen LogP contribution in [0.3, 0.4) is 0 Å². The summed E-state index contributed by atoms with van der Waals surface area (Å²) in [5, 5.41) is 0. The minimum absolute atomic E-state index is 0.822. The molecule has 0 bridgehead atoms. The molecule has 78 valence electrons. The summed E-state index contributed by atoms with van der Waals surface area (Å²) in [5.74, 6) is 0. The molecule has 0 radical (unpaired) electrons. The van der Waals surface area contributed by atoms with Gasteiger partial charge in [0.1, 0.15) is 0 Å². The van der Waals surface area contributed by atoms with Crippen LogP contribution in [0.15, 0.2) is 30.3 Å². The van der Waals surface area contributed by atoms with Crippen molar-refractivity contribution >= 4 is 42.9 Å². The predicted molar refractivity (Wildman–Crippen MR) is 81.6 cm³/mol. The number of para-hydroxylation sites is 1. The summed E-state index contributed by atoms with van der Waals surface area (Å²) in [6, 6.07) is 9.49. The summed E-state index contributed by atoms with van der Waals surface area (Å²) in [5.41, 5.74) is 6.18. The first kappa shape index (κ1) is 19.1. The highest BCUT2D eigenvalue weighted by molar-refractivity contribution is 15.0. The summed E-state index contributed by atoms with van der Waals surface area (Å²) in [6.07, 6.45) is 0. The van der Waals surface area contributed by atoms with Crippen molar-refractivity contribution in [1.29, 1.82) is 0 Å². The molecule has 2 N–H and O–H groups in total. The minimum atomic E-state index is 0.822. The van der Waals surface area contributed by atoms with Gasteiger partial charge in [-0.05, 0) is 12.1 Å². The average molecular weight is 407 g/mol. The molecular formula is C10H19I2N. The third-order valence-electron chi connectivity index (χ3n) is 0.800. The van der Waals surface area contributed by atoms with Crippen molar-refractivity contribution in [1.82, 2.24) is 0 Å². The maximum Gasteiger partial charge on any atom is 0.0313 e. The molecule has 0 aliphatic rings. The minimum Gasteiger partial charge on any atom is -0.399 e. The molecule has 0 saturated carbocycles. The molecule has 1 aromatic carbocycles. The van der Waals surface area contributed by atoms with Gasteiger partial charge < -0.3 is 5.73 Å². The van der Waals surface area contributed by atoms with Gasteiger partial charge in [0.2, 0.25) is 0 Å². The fourth-order valence-electron chi connectivity index (χ4n) is 0.453. The van der Waals surface area contributed by atoms with Crippen LogP contribution < -0.4 is 5.73 Å². The van der Waals surface area contributed by atoms with Crippen molar-refractivity contribution < 1.29 is 0 Å². The SMILES string of the molecule is CC.CC.II.Nc1ccccc1. The highest BCUT2D eigenvalue weighted by Crippen LogP contribution is 1.95. The van der Waals surface area contributed by atoms with E-state index in [9.17, 15) is 0 Å². The van der Waals surface area contributed by atoms with Crippen molar-refractivity contribution in [3.8, 4) is 0 Å². The van der Waals surface area contributed by atoms with Crippen molar-refractivity contribution in [2.45, 2.75) is 27.7 Å². The lowest BCUT2D eigenvalue weighted by molar-refractivity contribution is 1.50. The van der Waals surface area contributed by atoms with E-state index in [0.29, 0.717) is 0 Å². The van der Waals surface area contributed by atoms with Gasteiger partial charge in [0, 0.05) is 42.9 Å². The fraction of sp³-hybridized carbons (Fsp3) is 0.400. The van der Waals surface area contributed by atoms with Gasteiger partial charge >= 0.3 is 0 Å². The monoisotopic (exact) mass is 407 g/mol. The summed E-state index contributed by atoms with van der Waals surface area (Å²) in [4.78, 5) is 0. The predicted octanol–water partition coefficient (Wildman–Crippen LogP) is 5.09. The second-order valence-electron chi connectivity index (χ2n) is 1.41. The second kappa shape index (κ2) is 22.9. The third-order valence-corrected chi connectivity index (χ3v) is 0.800. The lowest BCUT2D eigenvalue weighted by atomic mass is 10.3. The van der Waals surface area contributed by atoms with E-state index in [1.807, 2.05) is 58.0 Å². The van der Waals surface area contributed by atoms with Crippen LogP contribution in [-0.4, -0.2) is 0 Å². The Morgan fingerprint density at radius 2 is 1.15 bits per heavy atom. The van der Waals surface area contributed by atoms with Gasteiger partial charge in [0.05, 0.1) is 0 Å². The summed E-state index contributed by atoms with van der Waals surface area (Å²) in [6.45, 7) is 8.00. The molecule has 3 heteroatoms. The number of nitrogen functional groups attached to an aromatic ring is 1. The molecule has 1 aromatic rings. The van der Waals surface area contributed by atoms with Gasteiger partial charge in [0.25, 0.3) is 0 Å². The van der Waals surface area contributed by atoms with Gasteiger partial charge in [0.15, 0.2) is 0 Å². The van der Waals surface area contributed by atoms with Gasteiger partial charge in [-0.25, -0.2) is 0 Å². The van der Waals surface area contributed by atoms with E-state index < -0.39 is 0 Å². The Morgan fingerprint density at radius 1 is 0.846 bits per heavy atom. The van der Waals surface area contributed by atoms with Gasteiger partial charge in [-0.15, -0.1) is 0 Å². The van der Waals surface area contributed by atoms with Crippen LogP contribution in [0.2, 0.25) is 0 Å². The molecule has 0 saturated heterocycles. The summed E-state index contributed by atoms with van der Waals surface area (Å²) in [7, 11) is 0. The molecule has 0 unspecified atom stereocenters. The zero-order chi connectivity index (χ0) is 11.1. The van der Waals surface area contributed by atoms with E-state index in [0.717, 1.165) is 5.69 Å². The van der Waals surface area contributed by atoms with Crippen LogP contribution in [0.1, 0.15) is 27.7 Å². The van der Waals surface area contributed by atoms with Gasteiger partial charge in [-0.1, -0.05) is 45.9 Å². The number of rotatable bonds is 0. The zero-order valence-electron chi connectivity index (χ0n) is 8.72. The standard InChI is InChI=1S/C6H7N.2C2H6.I2/c7-6-4-2-1-3-5-6;3*1-2/h1-5H,7H2;2*1-2H3;. The Labute approximate surface area is 106 Å². The molecule has 0 aliphatic heterocycles. The Bertz CT molecular complexity index is 143. The van der Waals surface area contributed by atoms with Crippen molar-refractivity contribution in [2.75, 3.05) is 5.73 Å². The number of nitrogens with two attached hydrogens (primary N) is 1. The first-order valence-electron chi connectivity index (χ1n) is 4.34. The molecular weight excluding hydrogens is 388 g/mol. The number of halogens is 2. The highest BCUT2D eigenvalue weighted by Gasteiger charge is 1.72. The highest BCUT2D eigenvalue weighted by atomic mass is 128. The fourth-order valence-corrected chi connectivity index (χ4v) is 0.453. The molecule has 0 atom stereocenters. The van der Waals surface area contributed by atoms with Crippen molar-refractivity contribution in [3.63, 3.8) is 0 Å². The number of hydrogen-bond donors (Lipinski definition) is 1. The Hall–Kier alpha value is 0.480. The maximum absolute atomic E-state index is 5.36. The van der Waals surface area contributed by atoms with E-state index in [1.165, 1.54) is 0 Å². The molecule has 0 fully saturated rings. The van der Waals surface area contributed by atoms with E-state index in [4.69, 9.17) is 5.73 Å². The first-order valence-corrected chi connectivity index (χ1v) is 10.6. The van der Waals surface area contributed by atoms with E-state index in [-0.39, 0.29) is 0 Å². The normalized spacial score (nSPS) is 6.00. The maximum atomic E-state index is 5.36. The molecule has 13 heavy (non-hydrogen) atoms. The van der Waals surface area contributed by atoms with E-state index >= 15 is 0 Å². The van der Waals surface area contributed by atoms with Gasteiger partial charge in [-0.3, -0.25) is 0 Å². The second-order valence-corrected chi connectivity index (χ2v) is 1.41. The summed E-state index contributed by atoms with van der Waals surface area (Å²) < 4.78 is 0. The molecule has 0 aliphatic carbocycles. The third kappa shape index (κ3) is 19.1. The molecule has 0 spiro atoms. The molecule has 0 amide bonds.